The third kappa shape index (κ3) is 2.51. The van der Waals surface area contributed by atoms with E-state index in [1.165, 1.54) is 0 Å². The standard InChI is InChI=1S/C15H12N4O3S/c1-23-8-4-2-7(3-5-8)10-9(6-16)12(17)22-14-11(10)13(20)18-15(21)19-14/h2-5,10H,17H2,1H3,(H2,18,19,20,21). The number of hydrogen-bond donors (Lipinski definition) is 3. The van der Waals surface area contributed by atoms with Crippen LogP contribution in [0, 0.1) is 11.3 Å². The lowest BCUT2D eigenvalue weighted by Gasteiger charge is -2.24. The highest BCUT2D eigenvalue weighted by atomic mass is 32.2. The Bertz CT molecular complexity index is 950. The Hall–Kier alpha value is -2.92. The number of aromatic amines is 2. The molecule has 1 unspecified atom stereocenters. The van der Waals surface area contributed by atoms with Crippen molar-refractivity contribution in [2.45, 2.75) is 10.8 Å². The van der Waals surface area contributed by atoms with Crippen molar-refractivity contribution in [3.05, 3.63) is 67.7 Å². The number of nitriles is 1. The number of allylic oxidation sites excluding steroid dienone is 1. The summed E-state index contributed by atoms with van der Waals surface area (Å²) in [4.78, 5) is 29.3. The van der Waals surface area contributed by atoms with Crippen molar-refractivity contribution in [1.82, 2.24) is 9.97 Å². The fourth-order valence-electron chi connectivity index (χ4n) is 2.52. The third-order valence-corrected chi connectivity index (χ3v) is 4.31. The van der Waals surface area contributed by atoms with E-state index < -0.39 is 17.2 Å². The van der Waals surface area contributed by atoms with Gasteiger partial charge in [0.25, 0.3) is 5.56 Å². The number of ether oxygens (including phenoxy) is 1. The molecule has 0 aliphatic carbocycles. The Morgan fingerprint density at radius 2 is 1.96 bits per heavy atom. The Morgan fingerprint density at radius 3 is 2.57 bits per heavy atom. The van der Waals surface area contributed by atoms with Crippen LogP contribution in [0.2, 0.25) is 0 Å². The minimum atomic E-state index is -0.696. The number of benzene rings is 1. The van der Waals surface area contributed by atoms with Crippen LogP contribution in [0.1, 0.15) is 17.0 Å². The van der Waals surface area contributed by atoms with E-state index >= 15 is 0 Å². The molecule has 1 aromatic heterocycles. The molecule has 1 aliphatic heterocycles. The molecule has 8 heteroatoms. The van der Waals surface area contributed by atoms with E-state index in [-0.39, 0.29) is 22.9 Å². The van der Waals surface area contributed by atoms with Gasteiger partial charge in [0.2, 0.25) is 11.8 Å². The van der Waals surface area contributed by atoms with Crippen molar-refractivity contribution in [2.24, 2.45) is 5.73 Å². The fourth-order valence-corrected chi connectivity index (χ4v) is 2.93. The van der Waals surface area contributed by atoms with Gasteiger partial charge >= 0.3 is 5.69 Å². The molecule has 2 aromatic rings. The van der Waals surface area contributed by atoms with Gasteiger partial charge in [-0.1, -0.05) is 12.1 Å². The van der Waals surface area contributed by atoms with Crippen molar-refractivity contribution >= 4 is 11.8 Å². The molecule has 0 saturated heterocycles. The highest BCUT2D eigenvalue weighted by molar-refractivity contribution is 7.98. The molecule has 0 amide bonds. The van der Waals surface area contributed by atoms with Gasteiger partial charge in [0.1, 0.15) is 11.6 Å². The Morgan fingerprint density at radius 1 is 1.26 bits per heavy atom. The van der Waals surface area contributed by atoms with E-state index in [1.807, 2.05) is 36.6 Å². The van der Waals surface area contributed by atoms with Gasteiger partial charge in [0, 0.05) is 4.90 Å². The van der Waals surface area contributed by atoms with Crippen LogP contribution >= 0.6 is 11.8 Å². The van der Waals surface area contributed by atoms with Crippen molar-refractivity contribution in [1.29, 1.82) is 5.26 Å². The topological polar surface area (TPSA) is 125 Å². The molecule has 116 valence electrons. The minimum absolute atomic E-state index is 0.0332. The number of thioether (sulfide) groups is 1. The molecule has 0 fully saturated rings. The minimum Gasteiger partial charge on any atom is -0.424 e. The van der Waals surface area contributed by atoms with Crippen LogP contribution in [0.25, 0.3) is 0 Å². The summed E-state index contributed by atoms with van der Waals surface area (Å²) >= 11 is 1.58. The second-order valence-electron chi connectivity index (χ2n) is 4.85. The highest BCUT2D eigenvalue weighted by Gasteiger charge is 2.33. The number of nitrogens with zero attached hydrogens (tertiary/aromatic N) is 1. The number of aromatic nitrogens is 2. The van der Waals surface area contributed by atoms with E-state index in [0.717, 1.165) is 4.90 Å². The van der Waals surface area contributed by atoms with E-state index in [9.17, 15) is 14.9 Å². The molecule has 4 N–H and O–H groups in total. The van der Waals surface area contributed by atoms with Crippen molar-refractivity contribution in [3.8, 4) is 11.9 Å². The zero-order chi connectivity index (χ0) is 16.6. The first-order chi connectivity index (χ1) is 11.0. The summed E-state index contributed by atoms with van der Waals surface area (Å²) in [5.41, 5.74) is 5.48. The molecule has 1 atom stereocenters. The molecule has 0 spiro atoms. The van der Waals surface area contributed by atoms with Crippen LogP contribution in [0.3, 0.4) is 0 Å². The Labute approximate surface area is 134 Å². The van der Waals surface area contributed by atoms with Crippen LogP contribution in [0.4, 0.5) is 0 Å². The number of H-pyrrole nitrogens is 2. The number of nitrogens with one attached hydrogen (secondary N) is 2. The molecule has 0 radical (unpaired) electrons. The summed E-state index contributed by atoms with van der Waals surface area (Å²) < 4.78 is 5.25. The summed E-state index contributed by atoms with van der Waals surface area (Å²) in [6.45, 7) is 0. The molecule has 0 saturated carbocycles. The van der Waals surface area contributed by atoms with Crippen molar-refractivity contribution in [3.63, 3.8) is 0 Å². The maximum atomic E-state index is 12.2. The molecule has 3 rings (SSSR count). The Kier molecular flexibility index (Phi) is 3.72. The van der Waals surface area contributed by atoms with Gasteiger partial charge in [-0.2, -0.15) is 5.26 Å². The van der Waals surface area contributed by atoms with Gasteiger partial charge in [0.15, 0.2) is 0 Å². The van der Waals surface area contributed by atoms with E-state index in [1.54, 1.807) is 11.8 Å². The van der Waals surface area contributed by atoms with E-state index in [2.05, 4.69) is 9.97 Å². The third-order valence-electron chi connectivity index (χ3n) is 3.57. The molecule has 7 nitrogen and oxygen atoms in total. The monoisotopic (exact) mass is 328 g/mol. The fraction of sp³-hybridized carbons (Fsp3) is 0.133. The number of hydrogen-bond acceptors (Lipinski definition) is 6. The molecule has 23 heavy (non-hydrogen) atoms. The summed E-state index contributed by atoms with van der Waals surface area (Å²) in [7, 11) is 0. The summed E-state index contributed by atoms with van der Waals surface area (Å²) in [6, 6.07) is 9.41. The van der Waals surface area contributed by atoms with Crippen LogP contribution < -0.4 is 21.7 Å². The van der Waals surface area contributed by atoms with Crippen LogP contribution in [0.15, 0.2) is 50.2 Å². The lowest BCUT2D eigenvalue weighted by atomic mass is 9.85. The zero-order valence-corrected chi connectivity index (χ0v) is 12.9. The molecule has 1 aliphatic rings. The molecule has 1 aromatic carbocycles. The predicted molar refractivity (Wildman–Crippen MR) is 85.2 cm³/mol. The second kappa shape index (κ2) is 5.70. The second-order valence-corrected chi connectivity index (χ2v) is 5.73. The van der Waals surface area contributed by atoms with Crippen molar-refractivity contribution in [2.75, 3.05) is 6.26 Å². The SMILES string of the molecule is CSc1ccc(C2C(C#N)=C(N)Oc3[nH]c(=O)[nH]c(=O)c32)cc1. The molecule has 0 bridgehead atoms. The van der Waals surface area contributed by atoms with Gasteiger partial charge < -0.3 is 10.5 Å². The van der Waals surface area contributed by atoms with Gasteiger partial charge in [-0.05, 0) is 24.0 Å². The maximum absolute atomic E-state index is 12.2. The number of nitrogens with two attached hydrogens (primary N) is 1. The average Bonchev–Trinajstić information content (AvgIpc) is 2.53. The molecule has 2 heterocycles. The summed E-state index contributed by atoms with van der Waals surface area (Å²) in [5, 5.41) is 9.41. The quantitative estimate of drug-likeness (QED) is 0.706. The predicted octanol–water partition coefficient (Wildman–Crippen LogP) is 1.00. The van der Waals surface area contributed by atoms with Crippen molar-refractivity contribution < 1.29 is 4.74 Å². The van der Waals surface area contributed by atoms with Crippen LogP contribution in [-0.4, -0.2) is 16.2 Å². The van der Waals surface area contributed by atoms with Gasteiger partial charge in [-0.3, -0.25) is 14.8 Å². The number of fused-ring (bicyclic) bond motifs is 1. The molecular formula is C15H12N4O3S. The average molecular weight is 328 g/mol. The smallest absolute Gasteiger partial charge is 0.328 e. The largest absolute Gasteiger partial charge is 0.424 e. The van der Waals surface area contributed by atoms with Gasteiger partial charge in [-0.15, -0.1) is 11.8 Å². The maximum Gasteiger partial charge on any atom is 0.328 e. The molecular weight excluding hydrogens is 316 g/mol. The van der Waals surface area contributed by atoms with Crippen LogP contribution in [-0.2, 0) is 0 Å². The first-order valence-electron chi connectivity index (χ1n) is 6.63. The Balaban J connectivity index is 2.26. The lowest BCUT2D eigenvalue weighted by Crippen LogP contribution is -2.33. The van der Waals surface area contributed by atoms with E-state index in [4.69, 9.17) is 10.5 Å². The number of rotatable bonds is 2. The van der Waals surface area contributed by atoms with Gasteiger partial charge in [0.05, 0.1) is 11.5 Å². The lowest BCUT2D eigenvalue weighted by molar-refractivity contribution is 0.373. The van der Waals surface area contributed by atoms with Gasteiger partial charge in [-0.25, -0.2) is 4.79 Å². The summed E-state index contributed by atoms with van der Waals surface area (Å²) in [5.74, 6) is -0.852. The normalized spacial score (nSPS) is 16.4. The first kappa shape index (κ1) is 15.0. The first-order valence-corrected chi connectivity index (χ1v) is 7.85. The van der Waals surface area contributed by atoms with E-state index in [0.29, 0.717) is 5.56 Å². The van der Waals surface area contributed by atoms with Crippen LogP contribution in [0.5, 0.6) is 5.88 Å². The summed E-state index contributed by atoms with van der Waals surface area (Å²) in [6.07, 6.45) is 1.95. The highest BCUT2D eigenvalue weighted by Crippen LogP contribution is 2.38. The zero-order valence-electron chi connectivity index (χ0n) is 12.0.